The molecule has 1 unspecified atom stereocenters. The van der Waals surface area contributed by atoms with E-state index in [1.807, 2.05) is 0 Å². The topological polar surface area (TPSA) is 76.4 Å². The molecule has 1 saturated heterocycles. The number of ether oxygens (including phenoxy) is 1. The molecule has 1 aliphatic rings. The Morgan fingerprint density at radius 2 is 2.35 bits per heavy atom. The number of nitrogens with one attached hydrogen (secondary N) is 2. The molecule has 0 radical (unpaired) electrons. The van der Waals surface area contributed by atoms with Gasteiger partial charge < -0.3 is 15.4 Å². The van der Waals surface area contributed by atoms with Crippen LogP contribution in [-0.2, 0) is 4.74 Å². The minimum absolute atomic E-state index is 0.101. The standard InChI is InChI=1S/C11H15N3O3/c15-14(16)11-4-2-1-3-10(11)13-7-9-8-17-6-5-12-9/h1-4,9,12-13H,5-8H2. The monoisotopic (exact) mass is 237 g/mol. The Labute approximate surface area is 99.1 Å². The molecule has 2 rings (SSSR count). The molecule has 0 aromatic heterocycles. The molecule has 2 N–H and O–H groups in total. The second-order valence-electron chi connectivity index (χ2n) is 3.88. The van der Waals surface area contributed by atoms with Crippen LogP contribution in [0.5, 0.6) is 0 Å². The molecule has 1 aliphatic heterocycles. The van der Waals surface area contributed by atoms with Gasteiger partial charge in [-0.1, -0.05) is 12.1 Å². The highest BCUT2D eigenvalue weighted by Gasteiger charge is 2.16. The van der Waals surface area contributed by atoms with Crippen molar-refractivity contribution in [3.63, 3.8) is 0 Å². The number of nitro groups is 1. The van der Waals surface area contributed by atoms with Gasteiger partial charge >= 0.3 is 0 Å². The minimum atomic E-state index is -0.382. The van der Waals surface area contributed by atoms with E-state index in [2.05, 4.69) is 10.6 Å². The fourth-order valence-electron chi connectivity index (χ4n) is 1.77. The fraction of sp³-hybridized carbons (Fsp3) is 0.455. The third-order valence-corrected chi connectivity index (χ3v) is 2.64. The first kappa shape index (κ1) is 11.8. The summed E-state index contributed by atoms with van der Waals surface area (Å²) in [5, 5.41) is 17.2. The Balaban J connectivity index is 1.96. The second kappa shape index (κ2) is 5.60. The number of morpholine rings is 1. The van der Waals surface area contributed by atoms with E-state index in [4.69, 9.17) is 4.74 Å². The smallest absolute Gasteiger partial charge is 0.292 e. The molecule has 1 atom stereocenters. The third-order valence-electron chi connectivity index (χ3n) is 2.64. The van der Waals surface area contributed by atoms with E-state index < -0.39 is 0 Å². The maximum atomic E-state index is 10.8. The molecule has 1 aromatic carbocycles. The summed E-state index contributed by atoms with van der Waals surface area (Å²) in [5.74, 6) is 0. The van der Waals surface area contributed by atoms with Crippen LogP contribution in [0, 0.1) is 10.1 Å². The summed E-state index contributed by atoms with van der Waals surface area (Å²) < 4.78 is 5.31. The predicted molar refractivity (Wildman–Crippen MR) is 64.2 cm³/mol. The molecular weight excluding hydrogens is 222 g/mol. The molecule has 6 heteroatoms. The van der Waals surface area contributed by atoms with Gasteiger partial charge in [0.1, 0.15) is 5.69 Å². The van der Waals surface area contributed by atoms with E-state index in [1.54, 1.807) is 18.2 Å². The lowest BCUT2D eigenvalue weighted by Gasteiger charge is -2.24. The first-order valence-electron chi connectivity index (χ1n) is 5.56. The molecule has 1 heterocycles. The Morgan fingerprint density at radius 3 is 3.06 bits per heavy atom. The van der Waals surface area contributed by atoms with E-state index in [9.17, 15) is 10.1 Å². The second-order valence-corrected chi connectivity index (χ2v) is 3.88. The summed E-state index contributed by atoms with van der Waals surface area (Å²) in [5.41, 5.74) is 0.647. The predicted octanol–water partition coefficient (Wildman–Crippen LogP) is 0.995. The van der Waals surface area contributed by atoms with E-state index in [0.717, 1.165) is 13.2 Å². The van der Waals surface area contributed by atoms with Crippen molar-refractivity contribution in [1.82, 2.24) is 5.32 Å². The largest absolute Gasteiger partial charge is 0.378 e. The molecule has 0 bridgehead atoms. The summed E-state index contributed by atoms with van der Waals surface area (Å²) >= 11 is 0. The molecule has 1 fully saturated rings. The van der Waals surface area contributed by atoms with Gasteiger partial charge in [0.15, 0.2) is 0 Å². The lowest BCUT2D eigenvalue weighted by Crippen LogP contribution is -2.45. The SMILES string of the molecule is O=[N+]([O-])c1ccccc1NCC1COCCN1. The molecule has 0 amide bonds. The summed E-state index contributed by atoms with van der Waals surface area (Å²) in [6.45, 7) is 2.80. The maximum absolute atomic E-state index is 10.8. The van der Waals surface area contributed by atoms with Crippen molar-refractivity contribution in [2.45, 2.75) is 6.04 Å². The van der Waals surface area contributed by atoms with Crippen molar-refractivity contribution >= 4 is 11.4 Å². The third kappa shape index (κ3) is 3.15. The zero-order chi connectivity index (χ0) is 12.1. The molecular formula is C11H15N3O3. The van der Waals surface area contributed by atoms with Gasteiger partial charge in [0.2, 0.25) is 0 Å². The molecule has 0 aliphatic carbocycles. The number of anilines is 1. The van der Waals surface area contributed by atoms with Crippen molar-refractivity contribution in [2.24, 2.45) is 0 Å². The van der Waals surface area contributed by atoms with Crippen molar-refractivity contribution in [2.75, 3.05) is 31.6 Å². The van der Waals surface area contributed by atoms with E-state index in [0.29, 0.717) is 18.8 Å². The Bertz CT molecular complexity index is 391. The quantitative estimate of drug-likeness (QED) is 0.603. The van der Waals surface area contributed by atoms with Crippen LogP contribution in [0.25, 0.3) is 0 Å². The van der Waals surface area contributed by atoms with Gasteiger partial charge in [0, 0.05) is 25.2 Å². The summed E-state index contributed by atoms with van der Waals surface area (Å²) in [4.78, 5) is 10.4. The van der Waals surface area contributed by atoms with Crippen molar-refractivity contribution in [3.8, 4) is 0 Å². The van der Waals surface area contributed by atoms with Gasteiger partial charge in [-0.2, -0.15) is 0 Å². The van der Waals surface area contributed by atoms with Crippen molar-refractivity contribution in [3.05, 3.63) is 34.4 Å². The number of nitro benzene ring substituents is 1. The van der Waals surface area contributed by atoms with Crippen LogP contribution >= 0.6 is 0 Å². The number of nitrogens with zero attached hydrogens (tertiary/aromatic N) is 1. The molecule has 1 aromatic rings. The minimum Gasteiger partial charge on any atom is -0.378 e. The van der Waals surface area contributed by atoms with Crippen LogP contribution in [0.3, 0.4) is 0 Å². The molecule has 0 spiro atoms. The summed E-state index contributed by atoms with van der Waals surface area (Å²) in [6, 6.07) is 6.84. The van der Waals surface area contributed by atoms with Crippen molar-refractivity contribution < 1.29 is 9.66 Å². The van der Waals surface area contributed by atoms with E-state index in [1.165, 1.54) is 6.07 Å². The summed E-state index contributed by atoms with van der Waals surface area (Å²) in [6.07, 6.45) is 0. The van der Waals surface area contributed by atoms with Gasteiger partial charge in [-0.3, -0.25) is 10.1 Å². The lowest BCUT2D eigenvalue weighted by molar-refractivity contribution is -0.384. The van der Waals surface area contributed by atoms with Gasteiger partial charge in [0.25, 0.3) is 5.69 Å². The highest BCUT2D eigenvalue weighted by Crippen LogP contribution is 2.22. The highest BCUT2D eigenvalue weighted by molar-refractivity contribution is 5.61. The number of rotatable bonds is 4. The van der Waals surface area contributed by atoms with Crippen LogP contribution in [0.2, 0.25) is 0 Å². The van der Waals surface area contributed by atoms with Crippen LogP contribution in [0.1, 0.15) is 0 Å². The zero-order valence-corrected chi connectivity index (χ0v) is 9.39. The Hall–Kier alpha value is -1.66. The Morgan fingerprint density at radius 1 is 1.53 bits per heavy atom. The van der Waals surface area contributed by atoms with Crippen LogP contribution in [-0.4, -0.2) is 37.3 Å². The molecule has 17 heavy (non-hydrogen) atoms. The highest BCUT2D eigenvalue weighted by atomic mass is 16.6. The van der Waals surface area contributed by atoms with Gasteiger partial charge in [0.05, 0.1) is 18.1 Å². The Kier molecular flexibility index (Phi) is 3.89. The fourth-order valence-corrected chi connectivity index (χ4v) is 1.77. The molecule has 92 valence electrons. The van der Waals surface area contributed by atoms with Crippen molar-refractivity contribution in [1.29, 1.82) is 0 Å². The molecule has 6 nitrogen and oxygen atoms in total. The van der Waals surface area contributed by atoms with Gasteiger partial charge in [-0.25, -0.2) is 0 Å². The molecule has 0 saturated carbocycles. The maximum Gasteiger partial charge on any atom is 0.292 e. The lowest BCUT2D eigenvalue weighted by atomic mass is 10.2. The average Bonchev–Trinajstić information content (AvgIpc) is 2.38. The van der Waals surface area contributed by atoms with Crippen LogP contribution < -0.4 is 10.6 Å². The number of para-hydroxylation sites is 2. The average molecular weight is 237 g/mol. The first-order valence-corrected chi connectivity index (χ1v) is 5.56. The van der Waals surface area contributed by atoms with E-state index >= 15 is 0 Å². The van der Waals surface area contributed by atoms with Crippen LogP contribution in [0.4, 0.5) is 11.4 Å². The number of hydrogen-bond donors (Lipinski definition) is 2. The number of hydrogen-bond acceptors (Lipinski definition) is 5. The van der Waals surface area contributed by atoms with Gasteiger partial charge in [-0.05, 0) is 6.07 Å². The first-order chi connectivity index (χ1) is 8.27. The number of benzene rings is 1. The van der Waals surface area contributed by atoms with Crippen LogP contribution in [0.15, 0.2) is 24.3 Å². The van der Waals surface area contributed by atoms with E-state index in [-0.39, 0.29) is 16.7 Å². The van der Waals surface area contributed by atoms with Gasteiger partial charge in [-0.15, -0.1) is 0 Å². The zero-order valence-electron chi connectivity index (χ0n) is 9.39. The normalized spacial score (nSPS) is 19.9. The summed E-state index contributed by atoms with van der Waals surface area (Å²) in [7, 11) is 0.